The number of Topliss-reactive ketones (excluding diaryl/α,β-unsaturated/α-hetero) is 2. The van der Waals surface area contributed by atoms with Crippen molar-refractivity contribution in [2.24, 2.45) is 0 Å². The van der Waals surface area contributed by atoms with Crippen LogP contribution in [0.25, 0.3) is 11.6 Å². The molecular formula is C15H9ClO2. The van der Waals surface area contributed by atoms with Crippen molar-refractivity contribution in [1.82, 2.24) is 0 Å². The molecule has 2 aliphatic rings. The summed E-state index contributed by atoms with van der Waals surface area (Å²) in [5.74, 6) is -0.718. The van der Waals surface area contributed by atoms with E-state index in [9.17, 15) is 9.59 Å². The fraction of sp³-hybridized carbons (Fsp3) is 0.0667. The second-order valence-corrected chi connectivity index (χ2v) is 4.46. The molecule has 0 saturated carbocycles. The number of benzene rings is 1. The largest absolute Gasteiger partial charge is 0.293 e. The minimum absolute atomic E-state index is 0.166. The molecule has 0 atom stereocenters. The summed E-state index contributed by atoms with van der Waals surface area (Å²) in [6.07, 6.45) is 5.22. The Bertz CT molecular complexity index is 663. The molecule has 0 aromatic heterocycles. The van der Waals surface area contributed by atoms with Crippen molar-refractivity contribution in [3.8, 4) is 0 Å². The van der Waals surface area contributed by atoms with Crippen LogP contribution in [0.2, 0.25) is 0 Å². The Labute approximate surface area is 109 Å². The Morgan fingerprint density at radius 2 is 1.89 bits per heavy atom. The third kappa shape index (κ3) is 1.50. The first-order valence-electron chi connectivity index (χ1n) is 5.59. The van der Waals surface area contributed by atoms with Crippen LogP contribution in [0.15, 0.2) is 47.6 Å². The van der Waals surface area contributed by atoms with Gasteiger partial charge in [0, 0.05) is 5.57 Å². The fourth-order valence-corrected chi connectivity index (χ4v) is 2.44. The van der Waals surface area contributed by atoms with Crippen LogP contribution in [-0.2, 0) is 9.59 Å². The van der Waals surface area contributed by atoms with Gasteiger partial charge in [-0.2, -0.15) is 0 Å². The smallest absolute Gasteiger partial charge is 0.197 e. The van der Waals surface area contributed by atoms with Crippen molar-refractivity contribution >= 4 is 34.8 Å². The average Bonchev–Trinajstić information content (AvgIpc) is 2.78. The summed E-state index contributed by atoms with van der Waals surface area (Å²) in [4.78, 5) is 23.8. The lowest BCUT2D eigenvalue weighted by Crippen LogP contribution is -2.18. The van der Waals surface area contributed by atoms with Gasteiger partial charge >= 0.3 is 0 Å². The standard InChI is InChI=1S/C15H9ClO2/c16-8-14(17)12-6-5-11-10-4-2-1-3-9(10)7-13(11)15(12)18/h1-7H,8H2. The Kier molecular flexibility index (Phi) is 2.53. The predicted molar refractivity (Wildman–Crippen MR) is 71.2 cm³/mol. The molecule has 3 rings (SSSR count). The number of rotatable bonds is 2. The molecule has 0 radical (unpaired) electrons. The van der Waals surface area contributed by atoms with Crippen LogP contribution in [0.3, 0.4) is 0 Å². The highest BCUT2D eigenvalue weighted by Gasteiger charge is 2.30. The van der Waals surface area contributed by atoms with Crippen LogP contribution < -0.4 is 0 Å². The molecule has 1 aromatic carbocycles. The first-order valence-corrected chi connectivity index (χ1v) is 6.13. The van der Waals surface area contributed by atoms with Crippen LogP contribution in [-0.4, -0.2) is 17.4 Å². The van der Waals surface area contributed by atoms with Crippen LogP contribution in [0.1, 0.15) is 11.1 Å². The zero-order valence-corrected chi connectivity index (χ0v) is 10.2. The monoisotopic (exact) mass is 256 g/mol. The van der Waals surface area contributed by atoms with Gasteiger partial charge in [0.05, 0.1) is 11.5 Å². The van der Waals surface area contributed by atoms with E-state index in [-0.39, 0.29) is 23.0 Å². The molecule has 2 aliphatic carbocycles. The zero-order chi connectivity index (χ0) is 12.7. The molecule has 0 unspecified atom stereocenters. The summed E-state index contributed by atoms with van der Waals surface area (Å²) < 4.78 is 0. The predicted octanol–water partition coefficient (Wildman–Crippen LogP) is 2.78. The highest BCUT2D eigenvalue weighted by Crippen LogP contribution is 2.39. The topological polar surface area (TPSA) is 34.1 Å². The maximum atomic E-state index is 12.2. The highest BCUT2D eigenvalue weighted by atomic mass is 35.5. The number of allylic oxidation sites excluding steroid dienone is 5. The molecule has 0 fully saturated rings. The van der Waals surface area contributed by atoms with E-state index in [4.69, 9.17) is 11.6 Å². The van der Waals surface area contributed by atoms with E-state index in [2.05, 4.69) is 0 Å². The first-order chi connectivity index (χ1) is 8.72. The number of fused-ring (bicyclic) bond motifs is 3. The number of hydrogen-bond donors (Lipinski definition) is 0. The number of carbonyl (C=O) groups is 2. The first kappa shape index (κ1) is 11.2. The Morgan fingerprint density at radius 1 is 1.11 bits per heavy atom. The molecule has 18 heavy (non-hydrogen) atoms. The summed E-state index contributed by atoms with van der Waals surface area (Å²) in [5.41, 5.74) is 3.70. The van der Waals surface area contributed by atoms with E-state index in [0.717, 1.165) is 16.7 Å². The van der Waals surface area contributed by atoms with Crippen LogP contribution in [0.4, 0.5) is 0 Å². The summed E-state index contributed by atoms with van der Waals surface area (Å²) in [6, 6.07) is 7.79. The minimum atomic E-state index is -0.325. The Hall–Kier alpha value is -1.93. The average molecular weight is 257 g/mol. The van der Waals surface area contributed by atoms with Gasteiger partial charge in [-0.25, -0.2) is 0 Å². The van der Waals surface area contributed by atoms with E-state index in [1.807, 2.05) is 36.4 Å². The molecule has 0 amide bonds. The molecule has 0 spiro atoms. The van der Waals surface area contributed by atoms with Crippen molar-refractivity contribution in [3.63, 3.8) is 0 Å². The van der Waals surface area contributed by atoms with Gasteiger partial charge in [-0.05, 0) is 28.9 Å². The molecule has 88 valence electrons. The van der Waals surface area contributed by atoms with Crippen LogP contribution >= 0.6 is 11.6 Å². The van der Waals surface area contributed by atoms with Gasteiger partial charge in [0.15, 0.2) is 11.6 Å². The van der Waals surface area contributed by atoms with E-state index in [0.29, 0.717) is 5.57 Å². The van der Waals surface area contributed by atoms with Crippen molar-refractivity contribution in [2.45, 2.75) is 0 Å². The number of ketones is 2. The van der Waals surface area contributed by atoms with Gasteiger partial charge in [0.1, 0.15) is 0 Å². The van der Waals surface area contributed by atoms with Gasteiger partial charge in [-0.15, -0.1) is 11.6 Å². The maximum absolute atomic E-state index is 12.2. The van der Waals surface area contributed by atoms with Crippen molar-refractivity contribution in [1.29, 1.82) is 0 Å². The van der Waals surface area contributed by atoms with E-state index >= 15 is 0 Å². The second kappa shape index (κ2) is 4.07. The van der Waals surface area contributed by atoms with Crippen LogP contribution in [0.5, 0.6) is 0 Å². The third-order valence-electron chi connectivity index (χ3n) is 3.17. The number of alkyl halides is 1. The Morgan fingerprint density at radius 3 is 2.67 bits per heavy atom. The molecule has 0 heterocycles. The summed E-state index contributed by atoms with van der Waals surface area (Å²) >= 11 is 5.50. The van der Waals surface area contributed by atoms with E-state index in [1.165, 1.54) is 0 Å². The van der Waals surface area contributed by atoms with Crippen molar-refractivity contribution in [2.75, 3.05) is 5.88 Å². The molecule has 2 nitrogen and oxygen atoms in total. The number of halogens is 1. The second-order valence-electron chi connectivity index (χ2n) is 4.19. The van der Waals surface area contributed by atoms with Crippen molar-refractivity contribution < 1.29 is 9.59 Å². The molecule has 0 bridgehead atoms. The van der Waals surface area contributed by atoms with Crippen LogP contribution in [0, 0.1) is 0 Å². The summed E-state index contributed by atoms with van der Waals surface area (Å²) in [7, 11) is 0. The fourth-order valence-electron chi connectivity index (χ4n) is 2.29. The number of carbonyl (C=O) groups excluding carboxylic acids is 2. The molecule has 0 N–H and O–H groups in total. The summed E-state index contributed by atoms with van der Waals surface area (Å²) in [6.45, 7) is 0. The lowest BCUT2D eigenvalue weighted by Gasteiger charge is -2.12. The SMILES string of the molecule is O=C(CCl)C1=CC=C2C(=Cc3ccccc32)C1=O. The maximum Gasteiger partial charge on any atom is 0.197 e. The molecule has 1 aromatic rings. The van der Waals surface area contributed by atoms with Gasteiger partial charge in [-0.1, -0.05) is 30.3 Å². The summed E-state index contributed by atoms with van der Waals surface area (Å²) in [5, 5.41) is 0. The minimum Gasteiger partial charge on any atom is -0.293 e. The highest BCUT2D eigenvalue weighted by molar-refractivity contribution is 6.41. The lowest BCUT2D eigenvalue weighted by atomic mass is 9.90. The van der Waals surface area contributed by atoms with Gasteiger partial charge in [0.25, 0.3) is 0 Å². The van der Waals surface area contributed by atoms with Gasteiger partial charge in [-0.3, -0.25) is 9.59 Å². The zero-order valence-electron chi connectivity index (χ0n) is 9.44. The molecule has 3 heteroatoms. The molecular weight excluding hydrogens is 248 g/mol. The third-order valence-corrected chi connectivity index (χ3v) is 3.41. The normalized spacial score (nSPS) is 16.5. The molecule has 0 aliphatic heterocycles. The lowest BCUT2D eigenvalue weighted by molar-refractivity contribution is -0.118. The number of hydrogen-bond acceptors (Lipinski definition) is 2. The van der Waals surface area contributed by atoms with E-state index in [1.54, 1.807) is 6.08 Å². The molecule has 0 saturated heterocycles. The van der Waals surface area contributed by atoms with Gasteiger partial charge in [0.2, 0.25) is 0 Å². The van der Waals surface area contributed by atoms with E-state index < -0.39 is 0 Å². The quantitative estimate of drug-likeness (QED) is 0.602. The van der Waals surface area contributed by atoms with Gasteiger partial charge < -0.3 is 0 Å². The Balaban J connectivity index is 2.12. The van der Waals surface area contributed by atoms with Crippen molar-refractivity contribution in [3.05, 3.63) is 58.7 Å².